The van der Waals surface area contributed by atoms with E-state index >= 15 is 0 Å². The third kappa shape index (κ3) is 3.89. The quantitative estimate of drug-likeness (QED) is 0.447. The Morgan fingerprint density at radius 1 is 1.13 bits per heavy atom. The molecule has 0 saturated carbocycles. The molecule has 23 heavy (non-hydrogen) atoms. The monoisotopic (exact) mass is 349 g/mol. The van der Waals surface area contributed by atoms with Gasteiger partial charge in [-0.25, -0.2) is 4.39 Å². The molecule has 0 N–H and O–H groups in total. The first kappa shape index (κ1) is 19.1. The molecule has 1 aromatic carbocycles. The van der Waals surface area contributed by atoms with Gasteiger partial charge in [-0.2, -0.15) is 26.3 Å². The second-order valence-electron chi connectivity index (χ2n) is 4.58. The van der Waals surface area contributed by atoms with Gasteiger partial charge in [0.2, 0.25) is 0 Å². The molecule has 4 nitrogen and oxygen atoms in total. The smallest absolute Gasteiger partial charge is 0.377 e. The Balaban J connectivity index is 3.25. The van der Waals surface area contributed by atoms with Crippen molar-refractivity contribution in [2.45, 2.75) is 30.5 Å². The number of nitro benzene ring substituents is 1. The van der Waals surface area contributed by atoms with Gasteiger partial charge < -0.3 is 4.74 Å². The normalized spacial score (nSPS) is 14.6. The summed E-state index contributed by atoms with van der Waals surface area (Å²) in [5.41, 5.74) is -6.46. The lowest BCUT2D eigenvalue weighted by Crippen LogP contribution is -2.54. The molecule has 0 aliphatic heterocycles. The fourth-order valence-corrected chi connectivity index (χ4v) is 1.82. The summed E-state index contributed by atoms with van der Waals surface area (Å²) in [6, 6.07) is 3.75. The third-order valence-electron chi connectivity index (χ3n) is 3.10. The minimum Gasteiger partial charge on any atom is -0.377 e. The number of alkyl halides is 7. The molecule has 1 aromatic rings. The third-order valence-corrected chi connectivity index (χ3v) is 3.10. The molecule has 0 spiro atoms. The summed E-state index contributed by atoms with van der Waals surface area (Å²) in [4.78, 5) is 9.70. The van der Waals surface area contributed by atoms with E-state index in [-0.39, 0.29) is 5.56 Å². The van der Waals surface area contributed by atoms with Crippen LogP contribution >= 0.6 is 0 Å². The molecule has 11 heteroatoms. The van der Waals surface area contributed by atoms with E-state index in [0.29, 0.717) is 0 Å². The number of hydrogen-bond acceptors (Lipinski definition) is 3. The van der Waals surface area contributed by atoms with Crippen LogP contribution in [0.4, 0.5) is 36.4 Å². The Morgan fingerprint density at radius 2 is 1.65 bits per heavy atom. The van der Waals surface area contributed by atoms with Crippen molar-refractivity contribution in [1.29, 1.82) is 0 Å². The predicted molar refractivity (Wildman–Crippen MR) is 63.4 cm³/mol. The van der Waals surface area contributed by atoms with Crippen LogP contribution in [0.3, 0.4) is 0 Å². The van der Waals surface area contributed by atoms with Crippen LogP contribution in [0.1, 0.15) is 18.1 Å². The molecule has 0 radical (unpaired) electrons. The highest BCUT2D eigenvalue weighted by Gasteiger charge is 2.72. The Labute approximate surface area is 125 Å². The van der Waals surface area contributed by atoms with Gasteiger partial charge >= 0.3 is 18.0 Å². The van der Waals surface area contributed by atoms with Crippen LogP contribution in [0, 0.1) is 10.1 Å². The van der Waals surface area contributed by atoms with E-state index in [2.05, 4.69) is 4.74 Å². The zero-order valence-electron chi connectivity index (χ0n) is 11.4. The van der Waals surface area contributed by atoms with E-state index in [1.165, 1.54) is 0 Å². The van der Waals surface area contributed by atoms with E-state index in [9.17, 15) is 40.8 Å². The summed E-state index contributed by atoms with van der Waals surface area (Å²) in [5.74, 6) is 0. The topological polar surface area (TPSA) is 52.4 Å². The van der Waals surface area contributed by atoms with Crippen molar-refractivity contribution in [3.8, 4) is 0 Å². The van der Waals surface area contributed by atoms with Gasteiger partial charge in [0.15, 0.2) is 0 Å². The molecule has 0 aromatic heterocycles. The molecule has 0 fully saturated rings. The lowest BCUT2D eigenvalue weighted by molar-refractivity contribution is -0.385. The van der Waals surface area contributed by atoms with Crippen molar-refractivity contribution in [3.63, 3.8) is 0 Å². The maximum absolute atomic E-state index is 13.7. The van der Waals surface area contributed by atoms with Crippen molar-refractivity contribution in [2.75, 3.05) is 7.11 Å². The lowest BCUT2D eigenvalue weighted by atomic mass is 9.92. The van der Waals surface area contributed by atoms with Crippen LogP contribution in [0.15, 0.2) is 24.3 Å². The molecule has 0 aliphatic rings. The van der Waals surface area contributed by atoms with Gasteiger partial charge in [0.1, 0.15) is 0 Å². The highest BCUT2D eigenvalue weighted by Crippen LogP contribution is 2.51. The van der Waals surface area contributed by atoms with Crippen molar-refractivity contribution in [3.05, 3.63) is 39.9 Å². The van der Waals surface area contributed by atoms with Crippen LogP contribution < -0.4 is 0 Å². The van der Waals surface area contributed by atoms with Crippen LogP contribution in [0.2, 0.25) is 0 Å². The molecule has 0 heterocycles. The van der Waals surface area contributed by atoms with Crippen molar-refractivity contribution >= 4 is 5.69 Å². The average molecular weight is 349 g/mol. The van der Waals surface area contributed by atoms with Gasteiger partial charge in [-0.05, 0) is 5.56 Å². The number of non-ortho nitro benzene ring substituents is 1. The Kier molecular flexibility index (Phi) is 5.24. The Hall–Kier alpha value is -1.91. The Morgan fingerprint density at radius 3 is 2.04 bits per heavy atom. The lowest BCUT2D eigenvalue weighted by Gasteiger charge is -2.32. The van der Waals surface area contributed by atoms with E-state index in [0.717, 1.165) is 31.4 Å². The zero-order chi connectivity index (χ0) is 18.1. The standard InChI is InChI=1S/C12H10F7NO3/c1-23-9(7-3-2-4-8(5-7)20(21)22)6-10(13,11(14,15)16)12(17,18)19/h2-5,9H,6H2,1H3. The molecule has 0 saturated heterocycles. The molecular weight excluding hydrogens is 339 g/mol. The summed E-state index contributed by atoms with van der Waals surface area (Å²) in [5, 5.41) is 10.6. The summed E-state index contributed by atoms with van der Waals surface area (Å²) in [7, 11) is 0.774. The van der Waals surface area contributed by atoms with Gasteiger partial charge in [0.25, 0.3) is 5.69 Å². The van der Waals surface area contributed by atoms with Gasteiger partial charge in [-0.1, -0.05) is 12.1 Å². The first-order chi connectivity index (χ1) is 10.3. The molecule has 1 unspecified atom stereocenters. The molecular formula is C12H10F7NO3. The number of hydrogen-bond donors (Lipinski definition) is 0. The average Bonchev–Trinajstić information content (AvgIpc) is 2.42. The van der Waals surface area contributed by atoms with Crippen LogP contribution in [0.25, 0.3) is 0 Å². The number of methoxy groups -OCH3 is 1. The number of rotatable bonds is 5. The Bertz CT molecular complexity index is 557. The van der Waals surface area contributed by atoms with Gasteiger partial charge in [0.05, 0.1) is 11.0 Å². The van der Waals surface area contributed by atoms with Gasteiger partial charge in [-0.3, -0.25) is 10.1 Å². The second-order valence-corrected chi connectivity index (χ2v) is 4.58. The second kappa shape index (κ2) is 6.30. The summed E-state index contributed by atoms with van der Waals surface area (Å²) < 4.78 is 93.6. The summed E-state index contributed by atoms with van der Waals surface area (Å²) >= 11 is 0. The predicted octanol–water partition coefficient (Wildman–Crippen LogP) is 4.51. The highest BCUT2D eigenvalue weighted by atomic mass is 19.4. The van der Waals surface area contributed by atoms with E-state index in [1.807, 2.05) is 0 Å². The summed E-state index contributed by atoms with van der Waals surface area (Å²) in [6.07, 6.45) is -16.5. The number of ether oxygens (including phenoxy) is 1. The zero-order valence-corrected chi connectivity index (χ0v) is 11.4. The van der Waals surface area contributed by atoms with Crippen LogP contribution in [-0.4, -0.2) is 30.1 Å². The minimum atomic E-state index is -6.22. The van der Waals surface area contributed by atoms with E-state index in [4.69, 9.17) is 0 Å². The number of nitrogens with zero attached hydrogens (tertiary/aromatic N) is 1. The van der Waals surface area contributed by atoms with Crippen molar-refractivity contribution < 1.29 is 40.4 Å². The fourth-order valence-electron chi connectivity index (χ4n) is 1.82. The van der Waals surface area contributed by atoms with Crippen LogP contribution in [-0.2, 0) is 4.74 Å². The minimum absolute atomic E-state index is 0.378. The largest absolute Gasteiger partial charge is 0.431 e. The molecule has 0 bridgehead atoms. The van der Waals surface area contributed by atoms with Crippen molar-refractivity contribution in [1.82, 2.24) is 0 Å². The SMILES string of the molecule is COC(CC(F)(C(F)(F)F)C(F)(F)F)c1cccc([N+](=O)[O-])c1. The maximum Gasteiger partial charge on any atom is 0.431 e. The molecule has 1 rings (SSSR count). The number of nitro groups is 1. The van der Waals surface area contributed by atoms with Gasteiger partial charge in [-0.15, -0.1) is 0 Å². The first-order valence-corrected chi connectivity index (χ1v) is 5.93. The number of halogens is 7. The molecule has 0 aliphatic carbocycles. The van der Waals surface area contributed by atoms with Crippen LogP contribution in [0.5, 0.6) is 0 Å². The van der Waals surface area contributed by atoms with Gasteiger partial charge in [0, 0.05) is 25.7 Å². The fraction of sp³-hybridized carbons (Fsp3) is 0.500. The summed E-state index contributed by atoms with van der Waals surface area (Å²) in [6.45, 7) is 0. The first-order valence-electron chi connectivity index (χ1n) is 5.93. The highest BCUT2D eigenvalue weighted by molar-refractivity contribution is 5.35. The maximum atomic E-state index is 13.7. The molecule has 130 valence electrons. The van der Waals surface area contributed by atoms with E-state index in [1.54, 1.807) is 0 Å². The molecule has 0 amide bonds. The number of benzene rings is 1. The van der Waals surface area contributed by atoms with E-state index < -0.39 is 41.2 Å². The van der Waals surface area contributed by atoms with Crippen molar-refractivity contribution in [2.24, 2.45) is 0 Å². The molecule has 1 atom stereocenters.